The van der Waals surface area contributed by atoms with Crippen molar-refractivity contribution in [3.63, 3.8) is 0 Å². The minimum atomic E-state index is -0.704. The minimum Gasteiger partial charge on any atom is -1.00 e. The molecule has 0 amide bonds. The van der Waals surface area contributed by atoms with Gasteiger partial charge < -0.3 is 27.6 Å². The van der Waals surface area contributed by atoms with Crippen LogP contribution in [0.1, 0.15) is 13.8 Å². The first kappa shape index (κ1) is 13.3. The van der Waals surface area contributed by atoms with Crippen molar-refractivity contribution in [1.82, 2.24) is 0 Å². The van der Waals surface area contributed by atoms with E-state index in [9.17, 15) is 4.79 Å². The van der Waals surface area contributed by atoms with E-state index in [1.54, 1.807) is 0 Å². The van der Waals surface area contributed by atoms with Gasteiger partial charge in [0.05, 0.1) is 13.2 Å². The van der Waals surface area contributed by atoms with Gasteiger partial charge in [-0.15, -0.1) is 0 Å². The third-order valence-electron chi connectivity index (χ3n) is 0.901. The Morgan fingerprint density at radius 3 is 2.18 bits per heavy atom. The summed E-state index contributed by atoms with van der Waals surface area (Å²) in [6, 6.07) is 0. The second-order valence-electron chi connectivity index (χ2n) is 2.20. The Kier molecular flexibility index (Phi) is 7.72. The van der Waals surface area contributed by atoms with Crippen molar-refractivity contribution in [1.29, 1.82) is 0 Å². The maximum absolute atomic E-state index is 10.6. The van der Waals surface area contributed by atoms with E-state index in [1.165, 1.54) is 7.11 Å². The van der Waals surface area contributed by atoms with E-state index in [-0.39, 0.29) is 18.5 Å². The van der Waals surface area contributed by atoms with E-state index in [1.807, 2.05) is 13.8 Å². The topological polar surface area (TPSA) is 63.2 Å². The third kappa shape index (κ3) is 6.09. The molecule has 0 aliphatic carbocycles. The van der Waals surface area contributed by atoms with Crippen molar-refractivity contribution in [2.75, 3.05) is 7.11 Å². The normalized spacial score (nSPS) is 12.1. The lowest BCUT2D eigenvalue weighted by Gasteiger charge is -2.09. The summed E-state index contributed by atoms with van der Waals surface area (Å²) >= 11 is 0. The average Bonchev–Trinajstić information content (AvgIpc) is 1.85. The predicted octanol–water partition coefficient (Wildman–Crippen LogP) is -3.84. The van der Waals surface area contributed by atoms with E-state index >= 15 is 0 Å². The van der Waals surface area contributed by atoms with Gasteiger partial charge in [-0.25, -0.2) is 4.79 Å². The lowest BCUT2D eigenvalue weighted by Crippen LogP contribution is -3.00. The van der Waals surface area contributed by atoms with Gasteiger partial charge in [0, 0.05) is 0 Å². The van der Waals surface area contributed by atoms with Crippen LogP contribution in [0.3, 0.4) is 0 Å². The van der Waals surface area contributed by atoms with Crippen LogP contribution in [-0.4, -0.2) is 25.4 Å². The summed E-state index contributed by atoms with van der Waals surface area (Å²) < 4.78 is 9.40. The first-order chi connectivity index (χ1) is 4.57. The summed E-state index contributed by atoms with van der Waals surface area (Å²) in [4.78, 5) is 10.6. The Morgan fingerprint density at radius 1 is 1.45 bits per heavy atom. The van der Waals surface area contributed by atoms with Crippen molar-refractivity contribution in [3.8, 4) is 0 Å². The molecule has 0 aromatic carbocycles. The second kappa shape index (κ2) is 6.39. The number of carbonyl (C=O) groups excluding carboxylic acids is 1. The van der Waals surface area contributed by atoms with Gasteiger partial charge in [-0.05, 0) is 13.8 Å². The maximum atomic E-state index is 10.6. The summed E-state index contributed by atoms with van der Waals surface area (Å²) in [5.74, 6) is -0.436. The van der Waals surface area contributed by atoms with Crippen molar-refractivity contribution >= 4 is 5.97 Å². The fourth-order valence-corrected chi connectivity index (χ4v) is 0.516. The van der Waals surface area contributed by atoms with Crippen LogP contribution >= 0.6 is 0 Å². The number of carbonyl (C=O) groups is 1. The maximum Gasteiger partial charge on any atom is 0.394 e. The molecule has 0 saturated heterocycles. The van der Waals surface area contributed by atoms with Crippen LogP contribution in [0.2, 0.25) is 0 Å². The van der Waals surface area contributed by atoms with E-state index in [4.69, 9.17) is 4.74 Å². The standard InChI is InChI=1S/C6H13NO3.ClH/c1-4(2)10-5(7)6(8)9-3;/h4-5H,7H2,1-3H3;1H. The van der Waals surface area contributed by atoms with Gasteiger partial charge in [-0.2, -0.15) is 0 Å². The van der Waals surface area contributed by atoms with Gasteiger partial charge in [0.25, 0.3) is 6.23 Å². The number of rotatable bonds is 3. The molecular weight excluding hydrogens is 170 g/mol. The molecule has 11 heavy (non-hydrogen) atoms. The van der Waals surface area contributed by atoms with Crippen molar-refractivity contribution < 1.29 is 32.4 Å². The van der Waals surface area contributed by atoms with E-state index in [2.05, 4.69) is 10.5 Å². The first-order valence-corrected chi connectivity index (χ1v) is 3.14. The van der Waals surface area contributed by atoms with Gasteiger partial charge in [0.1, 0.15) is 0 Å². The molecule has 0 radical (unpaired) electrons. The van der Waals surface area contributed by atoms with Crippen LogP contribution in [0.4, 0.5) is 0 Å². The predicted molar refractivity (Wildman–Crippen MR) is 34.9 cm³/mol. The Labute approximate surface area is 72.4 Å². The second-order valence-corrected chi connectivity index (χ2v) is 2.20. The van der Waals surface area contributed by atoms with Crippen molar-refractivity contribution in [3.05, 3.63) is 0 Å². The van der Waals surface area contributed by atoms with Crippen LogP contribution in [0.15, 0.2) is 0 Å². The highest BCUT2D eigenvalue weighted by Gasteiger charge is 2.18. The molecule has 0 spiro atoms. The lowest BCUT2D eigenvalue weighted by atomic mass is 10.4. The highest BCUT2D eigenvalue weighted by Crippen LogP contribution is 1.91. The molecular formula is C6H14ClNO3. The molecule has 3 N–H and O–H groups in total. The number of hydrogen-bond acceptors (Lipinski definition) is 3. The average molecular weight is 184 g/mol. The van der Waals surface area contributed by atoms with E-state index < -0.39 is 12.2 Å². The number of ether oxygens (including phenoxy) is 2. The molecule has 0 heterocycles. The molecule has 0 aliphatic rings. The smallest absolute Gasteiger partial charge is 0.394 e. The molecule has 0 aromatic heterocycles. The summed E-state index contributed by atoms with van der Waals surface area (Å²) in [5.41, 5.74) is 3.45. The summed E-state index contributed by atoms with van der Waals surface area (Å²) in [5, 5.41) is 0. The molecule has 0 saturated carbocycles. The zero-order valence-corrected chi connectivity index (χ0v) is 7.72. The number of quaternary nitrogens is 1. The zero-order valence-electron chi connectivity index (χ0n) is 6.96. The molecule has 1 unspecified atom stereocenters. The van der Waals surface area contributed by atoms with E-state index in [0.717, 1.165) is 0 Å². The molecule has 0 fully saturated rings. The molecule has 4 nitrogen and oxygen atoms in total. The number of methoxy groups -OCH3 is 1. The number of halogens is 1. The third-order valence-corrected chi connectivity index (χ3v) is 0.901. The van der Waals surface area contributed by atoms with Crippen molar-refractivity contribution in [2.45, 2.75) is 26.2 Å². The Bertz CT molecular complexity index is 118. The SMILES string of the molecule is COC(=O)C([NH3+])OC(C)C.[Cl-]. The summed E-state index contributed by atoms with van der Waals surface area (Å²) in [7, 11) is 1.31. The van der Waals surface area contributed by atoms with Crippen LogP contribution in [0, 0.1) is 0 Å². The first-order valence-electron chi connectivity index (χ1n) is 3.14. The Morgan fingerprint density at radius 2 is 1.91 bits per heavy atom. The molecule has 0 aliphatic heterocycles. The summed E-state index contributed by atoms with van der Waals surface area (Å²) in [6.45, 7) is 3.67. The van der Waals surface area contributed by atoms with Gasteiger partial charge in [-0.1, -0.05) is 0 Å². The molecule has 0 rings (SSSR count). The molecule has 5 heteroatoms. The molecule has 1 atom stereocenters. The Hall–Kier alpha value is -0.320. The van der Waals surface area contributed by atoms with Crippen LogP contribution in [-0.2, 0) is 14.3 Å². The van der Waals surface area contributed by atoms with Crippen molar-refractivity contribution in [2.24, 2.45) is 0 Å². The van der Waals surface area contributed by atoms with Crippen LogP contribution in [0.5, 0.6) is 0 Å². The molecule has 0 bridgehead atoms. The lowest BCUT2D eigenvalue weighted by molar-refractivity contribution is -0.479. The summed E-state index contributed by atoms with van der Waals surface area (Å²) in [6.07, 6.45) is -0.702. The van der Waals surface area contributed by atoms with Gasteiger partial charge in [0.15, 0.2) is 0 Å². The zero-order chi connectivity index (χ0) is 8.15. The molecule has 0 aromatic rings. The van der Waals surface area contributed by atoms with Crippen LogP contribution in [0.25, 0.3) is 0 Å². The monoisotopic (exact) mass is 183 g/mol. The highest BCUT2D eigenvalue weighted by atomic mass is 35.5. The van der Waals surface area contributed by atoms with Gasteiger partial charge in [0.2, 0.25) is 0 Å². The number of esters is 1. The van der Waals surface area contributed by atoms with Gasteiger partial charge in [-0.3, -0.25) is 0 Å². The number of hydrogen-bond donors (Lipinski definition) is 1. The minimum absolute atomic E-state index is 0. The van der Waals surface area contributed by atoms with Crippen LogP contribution < -0.4 is 18.1 Å². The quantitative estimate of drug-likeness (QED) is 0.360. The van der Waals surface area contributed by atoms with Gasteiger partial charge >= 0.3 is 5.97 Å². The fourth-order valence-electron chi connectivity index (χ4n) is 0.516. The largest absolute Gasteiger partial charge is 1.00 e. The highest BCUT2D eigenvalue weighted by molar-refractivity contribution is 5.72. The Balaban J connectivity index is 0. The van der Waals surface area contributed by atoms with E-state index in [0.29, 0.717) is 0 Å². The fraction of sp³-hybridized carbons (Fsp3) is 0.833. The molecule has 68 valence electrons.